The maximum atomic E-state index is 12.1. The molecule has 2 aliphatic rings. The molecule has 0 unspecified atom stereocenters. The summed E-state index contributed by atoms with van der Waals surface area (Å²) in [5.41, 5.74) is 1.24. The van der Waals surface area contributed by atoms with Gasteiger partial charge in [0, 0.05) is 38.8 Å². The second kappa shape index (κ2) is 9.24. The first-order valence-electron chi connectivity index (χ1n) is 9.76. The van der Waals surface area contributed by atoms with E-state index in [4.69, 9.17) is 9.47 Å². The minimum Gasteiger partial charge on any atom is -0.486 e. The molecule has 0 aliphatic carbocycles. The van der Waals surface area contributed by atoms with Crippen LogP contribution >= 0.6 is 0 Å². The highest BCUT2D eigenvalue weighted by Gasteiger charge is 2.20. The van der Waals surface area contributed by atoms with Crippen molar-refractivity contribution in [2.45, 2.75) is 39.3 Å². The lowest BCUT2D eigenvalue weighted by atomic mass is 10.1. The van der Waals surface area contributed by atoms with Gasteiger partial charge >= 0.3 is 0 Å². The van der Waals surface area contributed by atoms with Gasteiger partial charge in [-0.25, -0.2) is 0 Å². The van der Waals surface area contributed by atoms with Crippen LogP contribution in [0.25, 0.3) is 0 Å². The van der Waals surface area contributed by atoms with Crippen molar-refractivity contribution in [2.75, 3.05) is 45.9 Å². The zero-order valence-electron chi connectivity index (χ0n) is 16.0. The third kappa shape index (κ3) is 5.35. The number of nitrogens with one attached hydrogen (secondary N) is 1. The molecule has 26 heavy (non-hydrogen) atoms. The minimum atomic E-state index is 0.145. The standard InChI is InChI=1S/C20H31N3O3/c1-3-4-16(2)21-20(24)15-23-9-7-22(8-10-23)14-17-5-6-18-19(13-17)26-12-11-25-18/h5-6,13,16H,3-4,7-12,14-15H2,1-2H3,(H,21,24)/t16-/m1/s1. The molecule has 1 fully saturated rings. The van der Waals surface area contributed by atoms with Crippen molar-refractivity contribution < 1.29 is 14.3 Å². The molecule has 144 valence electrons. The van der Waals surface area contributed by atoms with E-state index < -0.39 is 0 Å². The number of ether oxygens (including phenoxy) is 2. The lowest BCUT2D eigenvalue weighted by Crippen LogP contribution is -2.49. The van der Waals surface area contributed by atoms with Crippen LogP contribution in [-0.4, -0.2) is 67.7 Å². The van der Waals surface area contributed by atoms with Crippen molar-refractivity contribution in [1.29, 1.82) is 0 Å². The smallest absolute Gasteiger partial charge is 0.234 e. The van der Waals surface area contributed by atoms with Crippen LogP contribution in [0.2, 0.25) is 0 Å². The van der Waals surface area contributed by atoms with E-state index in [2.05, 4.69) is 41.1 Å². The predicted octanol–water partition coefficient (Wildman–Crippen LogP) is 1.88. The Labute approximate surface area is 156 Å². The van der Waals surface area contributed by atoms with Crippen molar-refractivity contribution in [2.24, 2.45) is 0 Å². The van der Waals surface area contributed by atoms with Gasteiger partial charge in [0.1, 0.15) is 13.2 Å². The number of carbonyl (C=O) groups excluding carboxylic acids is 1. The van der Waals surface area contributed by atoms with E-state index in [-0.39, 0.29) is 11.9 Å². The Bertz CT molecular complexity index is 600. The minimum absolute atomic E-state index is 0.145. The van der Waals surface area contributed by atoms with E-state index in [0.29, 0.717) is 19.8 Å². The number of hydrogen-bond acceptors (Lipinski definition) is 5. The maximum Gasteiger partial charge on any atom is 0.234 e. The number of fused-ring (bicyclic) bond motifs is 1. The van der Waals surface area contributed by atoms with Gasteiger partial charge in [0.2, 0.25) is 5.91 Å². The zero-order valence-corrected chi connectivity index (χ0v) is 16.0. The molecule has 1 amide bonds. The topological polar surface area (TPSA) is 54.0 Å². The van der Waals surface area contributed by atoms with Crippen molar-refractivity contribution >= 4 is 5.91 Å². The van der Waals surface area contributed by atoms with Gasteiger partial charge in [0.05, 0.1) is 6.54 Å². The number of amides is 1. The number of benzene rings is 1. The Hall–Kier alpha value is -1.79. The summed E-state index contributed by atoms with van der Waals surface area (Å²) in [4.78, 5) is 16.8. The van der Waals surface area contributed by atoms with Crippen molar-refractivity contribution in [3.05, 3.63) is 23.8 Å². The van der Waals surface area contributed by atoms with Gasteiger partial charge in [0.15, 0.2) is 11.5 Å². The molecule has 6 nitrogen and oxygen atoms in total. The third-order valence-corrected chi connectivity index (χ3v) is 4.97. The van der Waals surface area contributed by atoms with Crippen LogP contribution in [0.15, 0.2) is 18.2 Å². The van der Waals surface area contributed by atoms with Crippen molar-refractivity contribution in [3.63, 3.8) is 0 Å². The van der Waals surface area contributed by atoms with Gasteiger partial charge < -0.3 is 14.8 Å². The molecule has 0 spiro atoms. The van der Waals surface area contributed by atoms with Gasteiger partial charge in [-0.05, 0) is 31.0 Å². The normalized spacial score (nSPS) is 19.2. The van der Waals surface area contributed by atoms with Crippen LogP contribution in [0.4, 0.5) is 0 Å². The fourth-order valence-electron chi connectivity index (χ4n) is 3.58. The molecule has 0 bridgehead atoms. The van der Waals surface area contributed by atoms with Crippen LogP contribution in [0.5, 0.6) is 11.5 Å². The second-order valence-corrected chi connectivity index (χ2v) is 7.29. The van der Waals surface area contributed by atoms with E-state index in [9.17, 15) is 4.79 Å². The Morgan fingerprint density at radius 2 is 1.81 bits per heavy atom. The summed E-state index contributed by atoms with van der Waals surface area (Å²) in [6, 6.07) is 6.47. The lowest BCUT2D eigenvalue weighted by molar-refractivity contribution is -0.123. The number of carbonyl (C=O) groups is 1. The number of nitrogens with zero attached hydrogens (tertiary/aromatic N) is 2. The zero-order chi connectivity index (χ0) is 18.4. The number of piperazine rings is 1. The third-order valence-electron chi connectivity index (χ3n) is 4.97. The van der Waals surface area contributed by atoms with Crippen LogP contribution < -0.4 is 14.8 Å². The monoisotopic (exact) mass is 361 g/mol. The van der Waals surface area contributed by atoms with Crippen LogP contribution in [0.3, 0.4) is 0 Å². The molecule has 3 rings (SSSR count). The summed E-state index contributed by atoms with van der Waals surface area (Å²) in [6.07, 6.45) is 2.13. The largest absolute Gasteiger partial charge is 0.486 e. The first-order chi connectivity index (χ1) is 12.6. The maximum absolute atomic E-state index is 12.1. The molecular weight excluding hydrogens is 330 g/mol. The van der Waals surface area contributed by atoms with Gasteiger partial charge in [0.25, 0.3) is 0 Å². The summed E-state index contributed by atoms with van der Waals surface area (Å²) >= 11 is 0. The van der Waals surface area contributed by atoms with E-state index in [0.717, 1.165) is 57.1 Å². The van der Waals surface area contributed by atoms with Gasteiger partial charge in [-0.1, -0.05) is 19.4 Å². The lowest BCUT2D eigenvalue weighted by Gasteiger charge is -2.34. The summed E-state index contributed by atoms with van der Waals surface area (Å²) < 4.78 is 11.2. The highest BCUT2D eigenvalue weighted by Crippen LogP contribution is 2.31. The molecule has 1 atom stereocenters. The van der Waals surface area contributed by atoms with Crippen LogP contribution in [0.1, 0.15) is 32.3 Å². The molecule has 0 radical (unpaired) electrons. The van der Waals surface area contributed by atoms with E-state index in [1.54, 1.807) is 0 Å². The molecule has 1 N–H and O–H groups in total. The fraction of sp³-hybridized carbons (Fsp3) is 0.650. The Morgan fingerprint density at radius 1 is 1.12 bits per heavy atom. The molecular formula is C20H31N3O3. The molecule has 1 saturated heterocycles. The van der Waals surface area contributed by atoms with Crippen molar-refractivity contribution in [3.8, 4) is 11.5 Å². The first kappa shape index (κ1) is 19.0. The summed E-state index contributed by atoms with van der Waals surface area (Å²) in [5.74, 6) is 1.84. The van der Waals surface area contributed by atoms with Gasteiger partial charge in [-0.15, -0.1) is 0 Å². The average molecular weight is 361 g/mol. The van der Waals surface area contributed by atoms with Crippen LogP contribution in [0, 0.1) is 0 Å². The average Bonchev–Trinajstić information content (AvgIpc) is 2.63. The number of hydrogen-bond donors (Lipinski definition) is 1. The summed E-state index contributed by atoms with van der Waals surface area (Å²) in [6.45, 7) is 10.7. The number of rotatable bonds is 7. The Kier molecular flexibility index (Phi) is 6.74. The molecule has 2 heterocycles. The van der Waals surface area contributed by atoms with E-state index >= 15 is 0 Å². The summed E-state index contributed by atoms with van der Waals surface area (Å²) in [7, 11) is 0. The SMILES string of the molecule is CCC[C@@H](C)NC(=O)CN1CCN(Cc2ccc3c(c2)OCCO3)CC1. The molecule has 6 heteroatoms. The first-order valence-corrected chi connectivity index (χ1v) is 9.76. The molecule has 0 aromatic heterocycles. The molecule has 2 aliphatic heterocycles. The van der Waals surface area contributed by atoms with Gasteiger partial charge in [-0.2, -0.15) is 0 Å². The van der Waals surface area contributed by atoms with Crippen LogP contribution in [-0.2, 0) is 11.3 Å². The highest BCUT2D eigenvalue weighted by atomic mass is 16.6. The second-order valence-electron chi connectivity index (χ2n) is 7.29. The molecule has 1 aromatic carbocycles. The quantitative estimate of drug-likeness (QED) is 0.804. The Balaban J connectivity index is 1.42. The molecule has 0 saturated carbocycles. The van der Waals surface area contributed by atoms with E-state index in [1.165, 1.54) is 5.56 Å². The van der Waals surface area contributed by atoms with Gasteiger partial charge in [-0.3, -0.25) is 14.6 Å². The molecule has 1 aromatic rings. The highest BCUT2D eigenvalue weighted by molar-refractivity contribution is 5.78. The summed E-state index contributed by atoms with van der Waals surface area (Å²) in [5, 5.41) is 3.09. The van der Waals surface area contributed by atoms with Crippen molar-refractivity contribution in [1.82, 2.24) is 15.1 Å². The fourth-order valence-corrected chi connectivity index (χ4v) is 3.58. The van der Waals surface area contributed by atoms with E-state index in [1.807, 2.05) is 6.07 Å². The predicted molar refractivity (Wildman–Crippen MR) is 102 cm³/mol. The Morgan fingerprint density at radius 3 is 2.54 bits per heavy atom.